The largest absolute Gasteiger partial charge is 0.326 e. The molecular weight excluding hydrogens is 74.1 g/mol. The molecule has 1 aliphatic rings. The predicted molar refractivity (Wildman–Crippen MR) is 25.9 cm³/mol. The van der Waals surface area contributed by atoms with Gasteiger partial charge in [-0.2, -0.15) is 0 Å². The zero-order valence-corrected chi connectivity index (χ0v) is 4.33. The first-order valence-electron chi connectivity index (χ1n) is 2.77. The molecule has 1 N–H and O–H groups in total. The van der Waals surface area contributed by atoms with Crippen LogP contribution < -0.4 is 4.90 Å². The third-order valence-corrected chi connectivity index (χ3v) is 1.21. The number of hydrogen-bond donors (Lipinski definition) is 1. The van der Waals surface area contributed by atoms with Gasteiger partial charge in [-0.15, -0.1) is 0 Å². The van der Waals surface area contributed by atoms with Crippen molar-refractivity contribution in [3.05, 3.63) is 0 Å². The smallest absolute Gasteiger partial charge is 0.127 e. The molecule has 0 aromatic heterocycles. The van der Waals surface area contributed by atoms with E-state index >= 15 is 0 Å². The highest BCUT2D eigenvalue weighted by atomic mass is 15.2. The second kappa shape index (κ2) is 1.61. The van der Waals surface area contributed by atoms with Crippen LogP contribution in [-0.2, 0) is 0 Å². The van der Waals surface area contributed by atoms with Gasteiger partial charge in [0.1, 0.15) is 13.1 Å². The van der Waals surface area contributed by atoms with Crippen molar-refractivity contribution in [2.24, 2.45) is 0 Å². The van der Waals surface area contributed by atoms with Crippen LogP contribution in [0.15, 0.2) is 0 Å². The maximum Gasteiger partial charge on any atom is 0.127 e. The molecule has 1 heteroatoms. The highest BCUT2D eigenvalue weighted by Crippen LogP contribution is 1.68. The lowest BCUT2D eigenvalue weighted by Gasteiger charge is -1.86. The van der Waals surface area contributed by atoms with Crippen molar-refractivity contribution in [1.82, 2.24) is 0 Å². The van der Waals surface area contributed by atoms with E-state index in [0.717, 1.165) is 0 Å². The van der Waals surface area contributed by atoms with Gasteiger partial charge in [-0.25, -0.2) is 0 Å². The van der Waals surface area contributed by atoms with Crippen LogP contribution >= 0.6 is 0 Å². The summed E-state index contributed by atoms with van der Waals surface area (Å²) in [5, 5.41) is 0. The molecule has 6 heavy (non-hydrogen) atoms. The molecule has 0 bridgehead atoms. The molecule has 0 saturated carbocycles. The summed E-state index contributed by atoms with van der Waals surface area (Å²) in [7, 11) is 0. The molecular formula is C5H12N+. The van der Waals surface area contributed by atoms with Crippen molar-refractivity contribution in [2.45, 2.75) is 13.3 Å². The second-order valence-electron chi connectivity index (χ2n) is 2.00. The van der Waals surface area contributed by atoms with E-state index in [1.165, 1.54) is 26.1 Å². The van der Waals surface area contributed by atoms with E-state index in [-0.39, 0.29) is 0 Å². The second-order valence-corrected chi connectivity index (χ2v) is 2.00. The number of nitrogens with one attached hydrogen (secondary N) is 1. The molecule has 0 aromatic rings. The Bertz CT molecular complexity index is 39.2. The first-order valence-corrected chi connectivity index (χ1v) is 2.77. The normalized spacial score (nSPS) is 21.5. The van der Waals surface area contributed by atoms with Crippen molar-refractivity contribution in [3.63, 3.8) is 0 Å². The Morgan fingerprint density at radius 2 is 2.17 bits per heavy atom. The number of hydrogen-bond acceptors (Lipinski definition) is 0. The lowest BCUT2D eigenvalue weighted by atomic mass is 10.5. The van der Waals surface area contributed by atoms with Crippen LogP contribution in [0.25, 0.3) is 0 Å². The SMILES string of the molecule is CCC[NH+]1CC1. The van der Waals surface area contributed by atoms with Gasteiger partial charge in [-0.05, 0) is 6.42 Å². The van der Waals surface area contributed by atoms with E-state index in [1.54, 1.807) is 4.90 Å². The quantitative estimate of drug-likeness (QED) is 0.424. The molecule has 0 amide bonds. The van der Waals surface area contributed by atoms with Gasteiger partial charge in [-0.3, -0.25) is 0 Å². The van der Waals surface area contributed by atoms with Crippen LogP contribution in [0.3, 0.4) is 0 Å². The molecule has 1 heterocycles. The molecule has 1 nitrogen and oxygen atoms in total. The number of rotatable bonds is 2. The summed E-state index contributed by atoms with van der Waals surface area (Å²) in [6.07, 6.45) is 1.36. The fourth-order valence-electron chi connectivity index (χ4n) is 0.692. The monoisotopic (exact) mass is 86.1 g/mol. The molecule has 1 saturated heterocycles. The Hall–Kier alpha value is -0.0400. The van der Waals surface area contributed by atoms with Crippen molar-refractivity contribution in [3.8, 4) is 0 Å². The molecule has 0 atom stereocenters. The van der Waals surface area contributed by atoms with Gasteiger partial charge < -0.3 is 4.90 Å². The van der Waals surface area contributed by atoms with Gasteiger partial charge >= 0.3 is 0 Å². The van der Waals surface area contributed by atoms with Crippen molar-refractivity contribution in [2.75, 3.05) is 19.6 Å². The molecule has 1 rings (SSSR count). The topological polar surface area (TPSA) is 4.44 Å². The van der Waals surface area contributed by atoms with Crippen LogP contribution in [0.5, 0.6) is 0 Å². The molecule has 36 valence electrons. The molecule has 0 radical (unpaired) electrons. The summed E-state index contributed by atoms with van der Waals surface area (Å²) < 4.78 is 0. The molecule has 1 aliphatic heterocycles. The average molecular weight is 86.2 g/mol. The van der Waals surface area contributed by atoms with Crippen LogP contribution in [0.1, 0.15) is 13.3 Å². The zero-order chi connectivity index (χ0) is 4.41. The van der Waals surface area contributed by atoms with Crippen LogP contribution in [-0.4, -0.2) is 19.6 Å². The summed E-state index contributed by atoms with van der Waals surface area (Å²) in [6.45, 7) is 6.52. The fraction of sp³-hybridized carbons (Fsp3) is 1.00. The molecule has 0 aliphatic carbocycles. The maximum absolute atomic E-state index is 2.24. The van der Waals surface area contributed by atoms with Gasteiger partial charge in [-0.1, -0.05) is 6.92 Å². The molecule has 0 spiro atoms. The Kier molecular flexibility index (Phi) is 1.10. The first-order chi connectivity index (χ1) is 2.93. The van der Waals surface area contributed by atoms with E-state index in [1.807, 2.05) is 0 Å². The summed E-state index contributed by atoms with van der Waals surface area (Å²) >= 11 is 0. The van der Waals surface area contributed by atoms with Gasteiger partial charge in [0.15, 0.2) is 0 Å². The van der Waals surface area contributed by atoms with Crippen LogP contribution in [0.4, 0.5) is 0 Å². The summed E-state index contributed by atoms with van der Waals surface area (Å²) in [5.74, 6) is 0. The summed E-state index contributed by atoms with van der Waals surface area (Å²) in [5.41, 5.74) is 0. The average Bonchev–Trinajstić information content (AvgIpc) is 2.21. The lowest BCUT2D eigenvalue weighted by Crippen LogP contribution is -2.91. The van der Waals surface area contributed by atoms with E-state index in [0.29, 0.717) is 0 Å². The van der Waals surface area contributed by atoms with Crippen molar-refractivity contribution < 1.29 is 4.90 Å². The van der Waals surface area contributed by atoms with Crippen LogP contribution in [0.2, 0.25) is 0 Å². The lowest BCUT2D eigenvalue weighted by molar-refractivity contribution is -0.758. The molecule has 0 unspecified atom stereocenters. The first kappa shape index (κ1) is 4.13. The third kappa shape index (κ3) is 0.977. The molecule has 1 fully saturated rings. The van der Waals surface area contributed by atoms with Crippen molar-refractivity contribution >= 4 is 0 Å². The molecule has 0 aromatic carbocycles. The third-order valence-electron chi connectivity index (χ3n) is 1.21. The standard InChI is InChI=1S/C5H11N/c1-2-3-6-4-5-6/h2-5H2,1H3/p+1. The minimum Gasteiger partial charge on any atom is -0.326 e. The van der Waals surface area contributed by atoms with Gasteiger partial charge in [0.05, 0.1) is 6.54 Å². The van der Waals surface area contributed by atoms with Gasteiger partial charge in [0.25, 0.3) is 0 Å². The predicted octanol–water partition coefficient (Wildman–Crippen LogP) is -0.705. The van der Waals surface area contributed by atoms with E-state index in [4.69, 9.17) is 0 Å². The van der Waals surface area contributed by atoms with Gasteiger partial charge in [0, 0.05) is 0 Å². The van der Waals surface area contributed by atoms with E-state index in [2.05, 4.69) is 6.92 Å². The van der Waals surface area contributed by atoms with E-state index < -0.39 is 0 Å². The minimum absolute atomic E-state index is 1.36. The zero-order valence-electron chi connectivity index (χ0n) is 4.33. The fourth-order valence-corrected chi connectivity index (χ4v) is 0.692. The van der Waals surface area contributed by atoms with Crippen LogP contribution in [0, 0.1) is 0 Å². The summed E-state index contributed by atoms with van der Waals surface area (Å²) in [4.78, 5) is 1.79. The highest BCUT2D eigenvalue weighted by Gasteiger charge is 2.20. The Morgan fingerprint density at radius 3 is 2.33 bits per heavy atom. The highest BCUT2D eigenvalue weighted by molar-refractivity contribution is 4.38. The Balaban J connectivity index is 1.88. The van der Waals surface area contributed by atoms with E-state index in [9.17, 15) is 0 Å². The minimum atomic E-state index is 1.36. The summed E-state index contributed by atoms with van der Waals surface area (Å²) in [6, 6.07) is 0. The Morgan fingerprint density at radius 1 is 1.50 bits per heavy atom. The maximum atomic E-state index is 2.24. The van der Waals surface area contributed by atoms with Gasteiger partial charge in [0.2, 0.25) is 0 Å². The van der Waals surface area contributed by atoms with Crippen molar-refractivity contribution in [1.29, 1.82) is 0 Å². The Labute approximate surface area is 39.0 Å². The number of quaternary nitrogens is 1.